The number of nitrogens with zero attached hydrogens (tertiary/aromatic N) is 3. The van der Waals surface area contributed by atoms with Crippen LogP contribution in [0, 0.1) is 20.8 Å². The summed E-state index contributed by atoms with van der Waals surface area (Å²) in [5, 5.41) is 17.0. The molecule has 23 heavy (non-hydrogen) atoms. The SMILES string of the molecule is Cc1cc(C)c(S(=O)(=O)N[C@@H]2CN[C@@H](c3nn[nH]n3)C2)c(C)c1. The molecule has 8 nitrogen and oxygen atoms in total. The number of hydrogen-bond acceptors (Lipinski definition) is 6. The molecule has 2 aromatic rings. The summed E-state index contributed by atoms with van der Waals surface area (Å²) < 4.78 is 28.3. The number of aromatic amines is 1. The second-order valence-corrected chi connectivity index (χ2v) is 7.66. The van der Waals surface area contributed by atoms with Crippen LogP contribution in [0.1, 0.15) is 35.0 Å². The number of rotatable bonds is 4. The summed E-state index contributed by atoms with van der Waals surface area (Å²) in [6.07, 6.45) is 0.586. The van der Waals surface area contributed by atoms with Gasteiger partial charge in [0.05, 0.1) is 10.9 Å². The van der Waals surface area contributed by atoms with E-state index in [0.29, 0.717) is 23.7 Å². The third-order valence-electron chi connectivity index (χ3n) is 4.00. The van der Waals surface area contributed by atoms with E-state index in [9.17, 15) is 8.42 Å². The molecule has 0 saturated carbocycles. The van der Waals surface area contributed by atoms with Crippen molar-refractivity contribution in [2.45, 2.75) is 44.2 Å². The van der Waals surface area contributed by atoms with Crippen molar-refractivity contribution in [3.05, 3.63) is 34.6 Å². The molecule has 0 unspecified atom stereocenters. The summed E-state index contributed by atoms with van der Waals surface area (Å²) in [4.78, 5) is 0.367. The van der Waals surface area contributed by atoms with Crippen molar-refractivity contribution < 1.29 is 8.42 Å². The van der Waals surface area contributed by atoms with Crippen LogP contribution in [0.3, 0.4) is 0 Å². The molecule has 1 fully saturated rings. The van der Waals surface area contributed by atoms with Gasteiger partial charge in [0.2, 0.25) is 10.0 Å². The summed E-state index contributed by atoms with van der Waals surface area (Å²) >= 11 is 0. The number of aryl methyl sites for hydroxylation is 3. The topological polar surface area (TPSA) is 113 Å². The lowest BCUT2D eigenvalue weighted by atomic mass is 10.1. The Hall–Kier alpha value is -1.84. The van der Waals surface area contributed by atoms with Crippen molar-refractivity contribution in [3.8, 4) is 0 Å². The third-order valence-corrected chi connectivity index (χ3v) is 5.82. The normalized spacial score (nSPS) is 21.7. The van der Waals surface area contributed by atoms with Crippen LogP contribution in [0.4, 0.5) is 0 Å². The van der Waals surface area contributed by atoms with Crippen LogP contribution < -0.4 is 10.0 Å². The van der Waals surface area contributed by atoms with Gasteiger partial charge in [-0.2, -0.15) is 5.21 Å². The van der Waals surface area contributed by atoms with Crippen LogP contribution in [-0.2, 0) is 10.0 Å². The van der Waals surface area contributed by atoms with Crippen molar-refractivity contribution in [2.75, 3.05) is 6.54 Å². The monoisotopic (exact) mass is 336 g/mol. The number of aromatic nitrogens is 4. The predicted octanol–water partition coefficient (Wildman–Crippen LogP) is 0.506. The molecule has 3 N–H and O–H groups in total. The smallest absolute Gasteiger partial charge is 0.241 e. The highest BCUT2D eigenvalue weighted by Crippen LogP contribution is 2.24. The fraction of sp³-hybridized carbons (Fsp3) is 0.500. The lowest BCUT2D eigenvalue weighted by Gasteiger charge is -2.16. The molecule has 0 aliphatic carbocycles. The lowest BCUT2D eigenvalue weighted by molar-refractivity contribution is 0.551. The molecule has 2 heterocycles. The Labute approximate surface area is 135 Å². The third kappa shape index (κ3) is 3.26. The molecule has 0 radical (unpaired) electrons. The van der Waals surface area contributed by atoms with Crippen molar-refractivity contribution in [1.82, 2.24) is 30.7 Å². The van der Waals surface area contributed by atoms with Gasteiger partial charge in [0.15, 0.2) is 5.82 Å². The van der Waals surface area contributed by atoms with E-state index in [4.69, 9.17) is 0 Å². The average molecular weight is 336 g/mol. The molecule has 1 aromatic heterocycles. The van der Waals surface area contributed by atoms with Crippen molar-refractivity contribution in [1.29, 1.82) is 0 Å². The first kappa shape index (κ1) is 16.0. The number of hydrogen-bond donors (Lipinski definition) is 3. The molecular weight excluding hydrogens is 316 g/mol. The van der Waals surface area contributed by atoms with Gasteiger partial charge in [-0.1, -0.05) is 22.9 Å². The molecule has 1 saturated heterocycles. The summed E-state index contributed by atoms with van der Waals surface area (Å²) in [6.45, 7) is 6.13. The molecule has 3 rings (SSSR count). The Kier molecular flexibility index (Phi) is 4.17. The number of nitrogens with one attached hydrogen (secondary N) is 3. The Morgan fingerprint density at radius 1 is 1.22 bits per heavy atom. The highest BCUT2D eigenvalue weighted by Gasteiger charge is 2.32. The van der Waals surface area contributed by atoms with E-state index in [0.717, 1.165) is 16.7 Å². The van der Waals surface area contributed by atoms with Gasteiger partial charge in [-0.15, -0.1) is 10.2 Å². The minimum atomic E-state index is -3.57. The summed E-state index contributed by atoms with van der Waals surface area (Å²) in [5.74, 6) is 0.550. The van der Waals surface area contributed by atoms with Crippen LogP contribution in [0.25, 0.3) is 0 Å². The molecule has 124 valence electrons. The predicted molar refractivity (Wildman–Crippen MR) is 84.3 cm³/mol. The van der Waals surface area contributed by atoms with E-state index >= 15 is 0 Å². The van der Waals surface area contributed by atoms with Crippen LogP contribution >= 0.6 is 0 Å². The Balaban J connectivity index is 1.78. The Morgan fingerprint density at radius 3 is 2.52 bits per heavy atom. The maximum Gasteiger partial charge on any atom is 0.241 e. The van der Waals surface area contributed by atoms with E-state index in [2.05, 4.69) is 30.7 Å². The Morgan fingerprint density at radius 2 is 1.91 bits per heavy atom. The minimum absolute atomic E-state index is 0.0957. The van der Waals surface area contributed by atoms with Crippen LogP contribution in [0.2, 0.25) is 0 Å². The van der Waals surface area contributed by atoms with Crippen molar-refractivity contribution in [2.24, 2.45) is 0 Å². The van der Waals surface area contributed by atoms with E-state index in [1.54, 1.807) is 0 Å². The maximum atomic E-state index is 12.7. The van der Waals surface area contributed by atoms with Gasteiger partial charge in [0.25, 0.3) is 0 Å². The largest absolute Gasteiger partial charge is 0.306 e. The lowest BCUT2D eigenvalue weighted by Crippen LogP contribution is -2.36. The second kappa shape index (κ2) is 5.99. The van der Waals surface area contributed by atoms with E-state index in [-0.39, 0.29) is 12.1 Å². The van der Waals surface area contributed by atoms with Crippen LogP contribution in [-0.4, -0.2) is 41.6 Å². The first-order valence-electron chi connectivity index (χ1n) is 7.44. The van der Waals surface area contributed by atoms with Crippen LogP contribution in [0.5, 0.6) is 0 Å². The van der Waals surface area contributed by atoms with Crippen molar-refractivity contribution >= 4 is 10.0 Å². The van der Waals surface area contributed by atoms with E-state index in [1.807, 2.05) is 32.9 Å². The van der Waals surface area contributed by atoms with Gasteiger partial charge in [-0.3, -0.25) is 0 Å². The number of H-pyrrole nitrogens is 1. The van der Waals surface area contributed by atoms with Gasteiger partial charge in [-0.05, 0) is 38.3 Å². The molecule has 9 heteroatoms. The van der Waals surface area contributed by atoms with E-state index in [1.165, 1.54) is 0 Å². The van der Waals surface area contributed by atoms with Gasteiger partial charge in [-0.25, -0.2) is 13.1 Å². The van der Waals surface area contributed by atoms with Gasteiger partial charge in [0.1, 0.15) is 0 Å². The second-order valence-electron chi connectivity index (χ2n) is 6.01. The fourth-order valence-electron chi connectivity index (χ4n) is 3.21. The molecule has 1 aliphatic heterocycles. The zero-order valence-electron chi connectivity index (χ0n) is 13.3. The average Bonchev–Trinajstić information content (AvgIpc) is 3.06. The fourth-order valence-corrected chi connectivity index (χ4v) is 4.91. The Bertz CT molecular complexity index is 780. The highest BCUT2D eigenvalue weighted by molar-refractivity contribution is 7.89. The number of tetrazole rings is 1. The summed E-state index contributed by atoms with van der Waals surface area (Å²) in [5.41, 5.74) is 2.57. The zero-order valence-corrected chi connectivity index (χ0v) is 14.1. The zero-order chi connectivity index (χ0) is 16.6. The molecular formula is C14H20N6O2S. The standard InChI is InChI=1S/C14H20N6O2S/c1-8-4-9(2)13(10(3)5-8)23(21,22)18-11-6-12(15-7-11)14-16-19-20-17-14/h4-5,11-12,15,18H,6-7H2,1-3H3,(H,16,17,19,20)/t11-,12+/m0/s1. The van der Waals surface area contributed by atoms with Crippen molar-refractivity contribution in [3.63, 3.8) is 0 Å². The quantitative estimate of drug-likeness (QED) is 0.750. The molecule has 0 amide bonds. The summed E-state index contributed by atoms with van der Waals surface area (Å²) in [7, 11) is -3.57. The number of sulfonamides is 1. The molecule has 2 atom stereocenters. The van der Waals surface area contributed by atoms with Gasteiger partial charge in [0, 0.05) is 12.6 Å². The van der Waals surface area contributed by atoms with Gasteiger partial charge >= 0.3 is 0 Å². The first-order valence-corrected chi connectivity index (χ1v) is 8.92. The first-order chi connectivity index (χ1) is 10.9. The van der Waals surface area contributed by atoms with E-state index < -0.39 is 10.0 Å². The summed E-state index contributed by atoms with van der Waals surface area (Å²) in [6, 6.07) is 3.47. The molecule has 0 spiro atoms. The molecule has 0 bridgehead atoms. The highest BCUT2D eigenvalue weighted by atomic mass is 32.2. The number of benzene rings is 1. The molecule has 1 aliphatic rings. The van der Waals surface area contributed by atoms with Crippen LogP contribution in [0.15, 0.2) is 17.0 Å². The maximum absolute atomic E-state index is 12.7. The van der Waals surface area contributed by atoms with Gasteiger partial charge < -0.3 is 5.32 Å². The molecule has 1 aromatic carbocycles. The minimum Gasteiger partial charge on any atom is -0.306 e.